The molecule has 0 aliphatic carbocycles. The second kappa shape index (κ2) is 9.19. The number of amides is 1. The Morgan fingerprint density at radius 2 is 1.76 bits per heavy atom. The van der Waals surface area contributed by atoms with E-state index in [9.17, 15) is 4.79 Å². The minimum absolute atomic E-state index is 0.530. The molecule has 0 spiro atoms. The highest BCUT2D eigenvalue weighted by molar-refractivity contribution is 6.19. The molecule has 126 valence electrons. The maximum Gasteiger partial charge on any atom is 0.227 e. The lowest BCUT2D eigenvalue weighted by molar-refractivity contribution is -0.109. The lowest BCUT2D eigenvalue weighted by Gasteiger charge is -2.10. The molecule has 0 saturated heterocycles. The first-order chi connectivity index (χ1) is 12.2. The number of allylic oxidation sites excluding steroid dienone is 2. The summed E-state index contributed by atoms with van der Waals surface area (Å²) in [5.74, 6) is 0. The molecule has 2 aromatic carbocycles. The van der Waals surface area contributed by atoms with E-state index in [2.05, 4.69) is 47.8 Å². The molecule has 0 unspecified atom stereocenters. The average molecular weight is 331 g/mol. The van der Waals surface area contributed by atoms with Gasteiger partial charge in [0.1, 0.15) is 0 Å². The van der Waals surface area contributed by atoms with Crippen LogP contribution < -0.4 is 5.43 Å². The molecule has 0 fully saturated rings. The molecule has 1 N–H and O–H groups in total. The van der Waals surface area contributed by atoms with Crippen LogP contribution in [0, 0.1) is 11.3 Å². The van der Waals surface area contributed by atoms with E-state index >= 15 is 0 Å². The Bertz CT molecular complexity index is 810. The van der Waals surface area contributed by atoms with Crippen LogP contribution in [0.3, 0.4) is 0 Å². The summed E-state index contributed by atoms with van der Waals surface area (Å²) < 4.78 is 0. The zero-order valence-electron chi connectivity index (χ0n) is 14.5. The minimum Gasteiger partial charge on any atom is -0.277 e. The highest BCUT2D eigenvalue weighted by atomic mass is 16.1. The predicted octanol–water partition coefficient (Wildman–Crippen LogP) is 4.17. The summed E-state index contributed by atoms with van der Waals surface area (Å²) in [5.41, 5.74) is 8.19. The summed E-state index contributed by atoms with van der Waals surface area (Å²) in [7, 11) is 0. The summed E-state index contributed by atoms with van der Waals surface area (Å²) in [6.45, 7) is 4.19. The van der Waals surface area contributed by atoms with Gasteiger partial charge in [-0.1, -0.05) is 49.7 Å². The number of nitrogens with one attached hydrogen (secondary N) is 1. The summed E-state index contributed by atoms with van der Waals surface area (Å²) in [6, 6.07) is 17.9. The average Bonchev–Trinajstić information content (AvgIpc) is 2.66. The van der Waals surface area contributed by atoms with E-state index in [0.29, 0.717) is 12.0 Å². The number of aryl methyl sites for hydroxylation is 1. The molecule has 2 aromatic rings. The third-order valence-corrected chi connectivity index (χ3v) is 3.98. The number of hydrazone groups is 1. The molecule has 2 rings (SSSR count). The molecule has 0 aliphatic rings. The lowest BCUT2D eigenvalue weighted by atomic mass is 9.95. The molecule has 0 aromatic heterocycles. The summed E-state index contributed by atoms with van der Waals surface area (Å²) in [5, 5.41) is 12.9. The molecule has 0 saturated carbocycles. The first-order valence-electron chi connectivity index (χ1n) is 8.22. The molecular formula is C21H21N3O. The fourth-order valence-electron chi connectivity index (χ4n) is 2.61. The van der Waals surface area contributed by atoms with Crippen molar-refractivity contribution in [3.05, 3.63) is 70.8 Å². The predicted molar refractivity (Wildman–Crippen MR) is 102 cm³/mol. The SMILES string of the molecule is CCCc1ccc(/C(C)=C(/C=N\NC=O)c2ccc(C#N)cc2)cc1. The normalized spacial score (nSPS) is 11.7. The van der Waals surface area contributed by atoms with Gasteiger partial charge < -0.3 is 0 Å². The number of carbonyl (C=O) groups excluding carboxylic acids is 1. The number of nitriles is 1. The van der Waals surface area contributed by atoms with Crippen LogP contribution >= 0.6 is 0 Å². The van der Waals surface area contributed by atoms with Gasteiger partial charge in [0.15, 0.2) is 0 Å². The van der Waals surface area contributed by atoms with Gasteiger partial charge in [0.05, 0.1) is 17.8 Å². The fraction of sp³-hybridized carbons (Fsp3) is 0.190. The van der Waals surface area contributed by atoms with Crippen LogP contribution in [0.4, 0.5) is 0 Å². The molecule has 0 aliphatic heterocycles. The fourth-order valence-corrected chi connectivity index (χ4v) is 2.61. The van der Waals surface area contributed by atoms with Gasteiger partial charge in [-0.25, -0.2) is 5.43 Å². The van der Waals surface area contributed by atoms with Crippen molar-refractivity contribution < 1.29 is 4.79 Å². The van der Waals surface area contributed by atoms with E-state index < -0.39 is 0 Å². The second-order valence-electron chi connectivity index (χ2n) is 5.68. The molecule has 0 bridgehead atoms. The van der Waals surface area contributed by atoms with Gasteiger partial charge in [-0.05, 0) is 47.7 Å². The zero-order chi connectivity index (χ0) is 18.1. The van der Waals surface area contributed by atoms with E-state index in [-0.39, 0.29) is 0 Å². The highest BCUT2D eigenvalue weighted by Gasteiger charge is 2.07. The maximum absolute atomic E-state index is 10.5. The zero-order valence-corrected chi connectivity index (χ0v) is 14.5. The third-order valence-electron chi connectivity index (χ3n) is 3.98. The van der Waals surface area contributed by atoms with E-state index in [0.717, 1.165) is 35.1 Å². The van der Waals surface area contributed by atoms with Gasteiger partial charge in [0.2, 0.25) is 6.41 Å². The molecule has 25 heavy (non-hydrogen) atoms. The smallest absolute Gasteiger partial charge is 0.227 e. The number of rotatable bonds is 7. The monoisotopic (exact) mass is 331 g/mol. The molecule has 4 nitrogen and oxygen atoms in total. The molecule has 0 radical (unpaired) electrons. The Morgan fingerprint density at radius 1 is 1.12 bits per heavy atom. The standard InChI is InChI=1S/C21H21N3O/c1-3-4-17-5-9-19(10-6-17)16(2)21(14-23-24-15-25)20-11-7-18(13-22)8-12-20/h5-12,14-15H,3-4H2,1-2H3,(H,24,25)/b21-16-,23-14-. The van der Waals surface area contributed by atoms with Gasteiger partial charge in [-0.2, -0.15) is 10.4 Å². The van der Waals surface area contributed by atoms with Crippen LogP contribution in [0.1, 0.15) is 42.5 Å². The van der Waals surface area contributed by atoms with Gasteiger partial charge in [-0.15, -0.1) is 0 Å². The van der Waals surface area contributed by atoms with Crippen molar-refractivity contribution >= 4 is 23.8 Å². The van der Waals surface area contributed by atoms with E-state index in [1.54, 1.807) is 18.3 Å². The molecule has 0 heterocycles. The minimum atomic E-state index is 0.530. The Morgan fingerprint density at radius 3 is 2.32 bits per heavy atom. The van der Waals surface area contributed by atoms with Crippen molar-refractivity contribution in [2.45, 2.75) is 26.7 Å². The van der Waals surface area contributed by atoms with Crippen molar-refractivity contribution in [3.8, 4) is 6.07 Å². The second-order valence-corrected chi connectivity index (χ2v) is 5.68. The van der Waals surface area contributed by atoms with E-state index in [4.69, 9.17) is 5.26 Å². The largest absolute Gasteiger partial charge is 0.277 e. The topological polar surface area (TPSA) is 65.2 Å². The number of carbonyl (C=O) groups is 1. The van der Waals surface area contributed by atoms with Gasteiger partial charge >= 0.3 is 0 Å². The quantitative estimate of drug-likeness (QED) is 0.358. The molecule has 0 atom stereocenters. The van der Waals surface area contributed by atoms with Gasteiger partial charge in [0.25, 0.3) is 0 Å². The van der Waals surface area contributed by atoms with Crippen molar-refractivity contribution in [3.63, 3.8) is 0 Å². The van der Waals surface area contributed by atoms with Crippen LogP contribution in [-0.2, 0) is 11.2 Å². The van der Waals surface area contributed by atoms with E-state index in [1.165, 1.54) is 5.56 Å². The maximum atomic E-state index is 10.5. The molecule has 4 heteroatoms. The van der Waals surface area contributed by atoms with Crippen molar-refractivity contribution in [1.82, 2.24) is 5.43 Å². The van der Waals surface area contributed by atoms with Crippen LogP contribution in [0.15, 0.2) is 53.6 Å². The van der Waals surface area contributed by atoms with Crippen LogP contribution in [0.5, 0.6) is 0 Å². The Labute approximate surface area is 148 Å². The summed E-state index contributed by atoms with van der Waals surface area (Å²) in [4.78, 5) is 10.5. The lowest BCUT2D eigenvalue weighted by Crippen LogP contribution is -2.02. The number of hydrogen-bond acceptors (Lipinski definition) is 3. The van der Waals surface area contributed by atoms with Crippen LogP contribution in [0.2, 0.25) is 0 Å². The van der Waals surface area contributed by atoms with Crippen molar-refractivity contribution in [2.24, 2.45) is 5.10 Å². The Kier molecular flexibility index (Phi) is 6.67. The third kappa shape index (κ3) is 4.89. The summed E-state index contributed by atoms with van der Waals surface area (Å²) >= 11 is 0. The molecular weight excluding hydrogens is 310 g/mol. The van der Waals surface area contributed by atoms with Crippen LogP contribution in [-0.4, -0.2) is 12.6 Å². The van der Waals surface area contributed by atoms with Crippen molar-refractivity contribution in [2.75, 3.05) is 0 Å². The van der Waals surface area contributed by atoms with Gasteiger partial charge in [-0.3, -0.25) is 4.79 Å². The highest BCUT2D eigenvalue weighted by Crippen LogP contribution is 2.25. The molecule has 1 amide bonds. The van der Waals surface area contributed by atoms with Crippen LogP contribution in [0.25, 0.3) is 11.1 Å². The Hall–Kier alpha value is -3.19. The summed E-state index contributed by atoms with van der Waals surface area (Å²) in [6.07, 6.45) is 4.34. The Balaban J connectivity index is 2.45. The number of hydrogen-bond donors (Lipinski definition) is 1. The van der Waals surface area contributed by atoms with E-state index in [1.807, 2.05) is 19.1 Å². The number of benzene rings is 2. The van der Waals surface area contributed by atoms with Gasteiger partial charge in [0, 0.05) is 5.57 Å². The first kappa shape index (κ1) is 18.2. The number of nitrogens with zero attached hydrogens (tertiary/aromatic N) is 2. The first-order valence-corrected chi connectivity index (χ1v) is 8.22. The van der Waals surface area contributed by atoms with Crippen molar-refractivity contribution in [1.29, 1.82) is 5.26 Å².